The van der Waals surface area contributed by atoms with Crippen LogP contribution in [-0.2, 0) is 20.8 Å². The van der Waals surface area contributed by atoms with Gasteiger partial charge in [-0.05, 0) is 61.7 Å². The second kappa shape index (κ2) is 13.1. The molecule has 0 unspecified atom stereocenters. The van der Waals surface area contributed by atoms with Gasteiger partial charge in [-0.3, -0.25) is 14.5 Å². The average Bonchev–Trinajstić information content (AvgIpc) is 2.84. The molecule has 3 aromatic carbocycles. The van der Waals surface area contributed by atoms with Crippen molar-refractivity contribution in [1.82, 2.24) is 0 Å². The first kappa shape index (κ1) is 24.9. The van der Waals surface area contributed by atoms with Gasteiger partial charge in [0.1, 0.15) is 5.78 Å². The van der Waals surface area contributed by atoms with Crippen LogP contribution in [-0.4, -0.2) is 17.6 Å². The molecule has 1 N–H and O–H groups in total. The van der Waals surface area contributed by atoms with E-state index in [1.54, 1.807) is 11.8 Å². The molecule has 176 valence electrons. The van der Waals surface area contributed by atoms with Crippen LogP contribution in [0.1, 0.15) is 51.0 Å². The van der Waals surface area contributed by atoms with Gasteiger partial charge in [0, 0.05) is 29.9 Å². The summed E-state index contributed by atoms with van der Waals surface area (Å²) >= 11 is 0. The Labute approximate surface area is 201 Å². The highest BCUT2D eigenvalue weighted by molar-refractivity contribution is 6.01. The summed E-state index contributed by atoms with van der Waals surface area (Å²) in [6.45, 7) is 1.61. The number of unbranched alkanes of at least 4 members (excludes halogenated alkanes) is 3. The Balaban J connectivity index is 1.53. The minimum atomic E-state index is -0.0287. The fourth-order valence-electron chi connectivity index (χ4n) is 3.79. The Morgan fingerprint density at radius 1 is 0.676 bits per heavy atom. The smallest absolute Gasteiger partial charge is 0.235 e. The first-order chi connectivity index (χ1) is 16.5. The van der Waals surface area contributed by atoms with Crippen LogP contribution in [0.15, 0.2) is 84.9 Å². The molecule has 2 amide bonds. The Morgan fingerprint density at radius 2 is 1.21 bits per heavy atom. The number of rotatable bonds is 12. The average molecular weight is 457 g/mol. The van der Waals surface area contributed by atoms with E-state index >= 15 is 0 Å². The maximum absolute atomic E-state index is 13.2. The van der Waals surface area contributed by atoms with E-state index in [9.17, 15) is 14.4 Å². The Bertz CT molecular complexity index is 1020. The number of carbonyl (C=O) groups is 3. The van der Waals surface area contributed by atoms with Crippen LogP contribution < -0.4 is 10.2 Å². The molecule has 0 fully saturated rings. The van der Waals surface area contributed by atoms with Gasteiger partial charge >= 0.3 is 0 Å². The summed E-state index contributed by atoms with van der Waals surface area (Å²) in [5, 5.41) is 2.92. The molecule has 0 spiro atoms. The lowest BCUT2D eigenvalue weighted by Crippen LogP contribution is -2.27. The third-order valence-corrected chi connectivity index (χ3v) is 5.55. The highest BCUT2D eigenvalue weighted by Crippen LogP contribution is 2.26. The second-order valence-corrected chi connectivity index (χ2v) is 8.44. The van der Waals surface area contributed by atoms with Gasteiger partial charge in [-0.1, -0.05) is 61.4 Å². The predicted molar refractivity (Wildman–Crippen MR) is 137 cm³/mol. The van der Waals surface area contributed by atoms with Crippen molar-refractivity contribution in [2.75, 3.05) is 10.2 Å². The molecule has 34 heavy (non-hydrogen) atoms. The lowest BCUT2D eigenvalue weighted by atomic mass is 10.1. The molecule has 0 aliphatic rings. The van der Waals surface area contributed by atoms with Crippen LogP contribution in [0.5, 0.6) is 0 Å². The summed E-state index contributed by atoms with van der Waals surface area (Å²) in [5.41, 5.74) is 3.25. The van der Waals surface area contributed by atoms with Crippen molar-refractivity contribution in [1.29, 1.82) is 0 Å². The molecule has 0 saturated carbocycles. The molecule has 0 heterocycles. The van der Waals surface area contributed by atoms with Crippen LogP contribution in [0.4, 0.5) is 17.1 Å². The van der Waals surface area contributed by atoms with Crippen molar-refractivity contribution in [2.45, 2.75) is 51.9 Å². The SMILES string of the molecule is CC(=O)CCCCCCC(=O)Nc1ccc(CC(=O)N(c2ccccc2)c2ccccc2)cc1. The molecular formula is C29H32N2O3. The predicted octanol–water partition coefficient (Wildman–Crippen LogP) is 6.46. The number of amides is 2. The number of nitrogens with one attached hydrogen (secondary N) is 1. The van der Waals surface area contributed by atoms with Crippen molar-refractivity contribution >= 4 is 34.7 Å². The van der Waals surface area contributed by atoms with Gasteiger partial charge in [0.05, 0.1) is 6.42 Å². The first-order valence-electron chi connectivity index (χ1n) is 11.8. The summed E-state index contributed by atoms with van der Waals surface area (Å²) in [6, 6.07) is 26.7. The van der Waals surface area contributed by atoms with Crippen molar-refractivity contribution < 1.29 is 14.4 Å². The number of carbonyl (C=O) groups excluding carboxylic acids is 3. The van der Waals surface area contributed by atoms with E-state index in [-0.39, 0.29) is 24.0 Å². The Hall–Kier alpha value is -3.73. The van der Waals surface area contributed by atoms with E-state index in [4.69, 9.17) is 0 Å². The molecular weight excluding hydrogens is 424 g/mol. The molecule has 5 nitrogen and oxygen atoms in total. The second-order valence-electron chi connectivity index (χ2n) is 8.44. The number of hydrogen-bond donors (Lipinski definition) is 1. The monoisotopic (exact) mass is 456 g/mol. The van der Waals surface area contributed by atoms with Gasteiger partial charge in [-0.15, -0.1) is 0 Å². The molecule has 3 rings (SSSR count). The van der Waals surface area contributed by atoms with E-state index in [1.807, 2.05) is 84.9 Å². The molecule has 0 aliphatic carbocycles. The van der Waals surface area contributed by atoms with Crippen LogP contribution in [0.3, 0.4) is 0 Å². The number of Topliss-reactive ketones (excluding diaryl/α,β-unsaturated/α-hetero) is 1. The number of nitrogens with zero attached hydrogens (tertiary/aromatic N) is 1. The zero-order valence-corrected chi connectivity index (χ0v) is 19.7. The number of hydrogen-bond acceptors (Lipinski definition) is 3. The summed E-state index contributed by atoms with van der Waals surface area (Å²) < 4.78 is 0. The van der Waals surface area contributed by atoms with Crippen LogP contribution in [0, 0.1) is 0 Å². The molecule has 3 aromatic rings. The standard InChI is InChI=1S/C29H32N2O3/c1-23(32)12-6-2-3-11-17-28(33)30-25-20-18-24(19-21-25)22-29(34)31(26-13-7-4-8-14-26)27-15-9-5-10-16-27/h4-5,7-10,13-16,18-21H,2-3,6,11-12,17,22H2,1H3,(H,30,33). The third kappa shape index (κ3) is 8.00. The summed E-state index contributed by atoms with van der Waals surface area (Å²) in [7, 11) is 0. The fraction of sp³-hybridized carbons (Fsp3) is 0.276. The van der Waals surface area contributed by atoms with Gasteiger partial charge in [0.25, 0.3) is 0 Å². The van der Waals surface area contributed by atoms with Crippen molar-refractivity contribution in [3.05, 3.63) is 90.5 Å². The van der Waals surface area contributed by atoms with Crippen molar-refractivity contribution in [3.8, 4) is 0 Å². The van der Waals surface area contributed by atoms with Crippen molar-refractivity contribution in [3.63, 3.8) is 0 Å². The van der Waals surface area contributed by atoms with E-state index in [0.29, 0.717) is 12.8 Å². The number of para-hydroxylation sites is 2. The minimum absolute atomic E-state index is 0.0188. The third-order valence-electron chi connectivity index (χ3n) is 5.55. The number of benzene rings is 3. The van der Waals surface area contributed by atoms with E-state index < -0.39 is 0 Å². The van der Waals surface area contributed by atoms with Gasteiger partial charge in [0.15, 0.2) is 0 Å². The Kier molecular flexibility index (Phi) is 9.59. The zero-order valence-electron chi connectivity index (χ0n) is 19.7. The van der Waals surface area contributed by atoms with Gasteiger partial charge in [0.2, 0.25) is 11.8 Å². The normalized spacial score (nSPS) is 10.5. The van der Waals surface area contributed by atoms with Crippen LogP contribution in [0.2, 0.25) is 0 Å². The molecule has 0 aliphatic heterocycles. The van der Waals surface area contributed by atoms with Crippen LogP contribution >= 0.6 is 0 Å². The van der Waals surface area contributed by atoms with Gasteiger partial charge < -0.3 is 10.1 Å². The highest BCUT2D eigenvalue weighted by atomic mass is 16.2. The molecule has 5 heteroatoms. The fourth-order valence-corrected chi connectivity index (χ4v) is 3.79. The van der Waals surface area contributed by atoms with Crippen molar-refractivity contribution in [2.24, 2.45) is 0 Å². The summed E-state index contributed by atoms with van der Waals surface area (Å²) in [5.74, 6) is 0.171. The molecule has 0 saturated heterocycles. The van der Waals surface area contributed by atoms with E-state index in [1.165, 1.54) is 0 Å². The van der Waals surface area contributed by atoms with Gasteiger partial charge in [-0.2, -0.15) is 0 Å². The lowest BCUT2D eigenvalue weighted by molar-refractivity contribution is -0.118. The van der Waals surface area contributed by atoms with Crippen LogP contribution in [0.25, 0.3) is 0 Å². The van der Waals surface area contributed by atoms with Gasteiger partial charge in [-0.25, -0.2) is 0 Å². The molecule has 0 bridgehead atoms. The van der Waals surface area contributed by atoms with E-state index in [0.717, 1.165) is 48.3 Å². The zero-order chi connectivity index (χ0) is 24.2. The molecule has 0 aromatic heterocycles. The Morgan fingerprint density at radius 3 is 1.74 bits per heavy atom. The quantitative estimate of drug-likeness (QED) is 0.318. The maximum Gasteiger partial charge on any atom is 0.235 e. The molecule has 0 atom stereocenters. The number of ketones is 1. The van der Waals surface area contributed by atoms with E-state index in [2.05, 4.69) is 5.32 Å². The first-order valence-corrected chi connectivity index (χ1v) is 11.8. The number of anilines is 3. The summed E-state index contributed by atoms with van der Waals surface area (Å²) in [4.78, 5) is 38.1. The molecule has 0 radical (unpaired) electrons. The largest absolute Gasteiger partial charge is 0.326 e. The maximum atomic E-state index is 13.2. The topological polar surface area (TPSA) is 66.5 Å². The highest BCUT2D eigenvalue weighted by Gasteiger charge is 2.18. The lowest BCUT2D eigenvalue weighted by Gasteiger charge is -2.23. The minimum Gasteiger partial charge on any atom is -0.326 e. The summed E-state index contributed by atoms with van der Waals surface area (Å²) in [6.07, 6.45) is 4.95.